The van der Waals surface area contributed by atoms with Crippen LogP contribution in [-0.4, -0.2) is 19.7 Å². The Balaban J connectivity index is 2.72. The molecule has 3 heteroatoms. The molecule has 0 unspecified atom stereocenters. The van der Waals surface area contributed by atoms with E-state index in [0.717, 1.165) is 23.3 Å². The summed E-state index contributed by atoms with van der Waals surface area (Å²) in [5.74, 6) is 0.582. The highest BCUT2D eigenvalue weighted by Gasteiger charge is 2.09. The van der Waals surface area contributed by atoms with Crippen LogP contribution in [0.25, 0.3) is 0 Å². The molecule has 0 bridgehead atoms. The third-order valence-electron chi connectivity index (χ3n) is 2.70. The first-order valence-electron chi connectivity index (χ1n) is 6.12. The molecule has 98 valence electrons. The maximum atomic E-state index is 11.3. The van der Waals surface area contributed by atoms with Gasteiger partial charge in [0.1, 0.15) is 12.4 Å². The zero-order valence-electron chi connectivity index (χ0n) is 11.2. The topological polar surface area (TPSA) is 35.5 Å². The van der Waals surface area contributed by atoms with E-state index in [9.17, 15) is 4.79 Å². The third kappa shape index (κ3) is 4.24. The Bertz CT molecular complexity index is 422. The van der Waals surface area contributed by atoms with Crippen LogP contribution in [0.4, 0.5) is 0 Å². The van der Waals surface area contributed by atoms with Gasteiger partial charge in [0.05, 0.1) is 13.5 Å². The molecule has 0 saturated carbocycles. The number of esters is 1. The Labute approximate surface area is 108 Å². The van der Waals surface area contributed by atoms with Crippen LogP contribution in [0.3, 0.4) is 0 Å². The van der Waals surface area contributed by atoms with Crippen molar-refractivity contribution in [3.05, 3.63) is 41.5 Å². The van der Waals surface area contributed by atoms with Crippen molar-refractivity contribution >= 4 is 5.97 Å². The van der Waals surface area contributed by atoms with Crippen molar-refractivity contribution in [2.24, 2.45) is 0 Å². The van der Waals surface area contributed by atoms with Gasteiger partial charge in [0, 0.05) is 0 Å². The van der Waals surface area contributed by atoms with E-state index in [2.05, 4.69) is 17.7 Å². The molecule has 1 aromatic rings. The lowest BCUT2D eigenvalue weighted by Gasteiger charge is -2.11. The number of carbonyl (C=O) groups is 1. The number of allylic oxidation sites excluding steroid dienone is 1. The van der Waals surface area contributed by atoms with E-state index < -0.39 is 0 Å². The molecular weight excluding hydrogens is 228 g/mol. The molecule has 0 aliphatic heterocycles. The fourth-order valence-electron chi connectivity index (χ4n) is 1.61. The van der Waals surface area contributed by atoms with Crippen LogP contribution in [0.2, 0.25) is 0 Å². The molecule has 0 aliphatic rings. The predicted octanol–water partition coefficient (Wildman–Crippen LogP) is 3.06. The predicted molar refractivity (Wildman–Crippen MR) is 71.8 cm³/mol. The van der Waals surface area contributed by atoms with E-state index >= 15 is 0 Å². The third-order valence-corrected chi connectivity index (χ3v) is 2.70. The van der Waals surface area contributed by atoms with E-state index in [1.165, 1.54) is 7.11 Å². The minimum atomic E-state index is -0.235. The summed E-state index contributed by atoms with van der Waals surface area (Å²) in [5, 5.41) is 0. The zero-order chi connectivity index (χ0) is 13.4. The SMILES string of the molecule is CC/C=C\COc1cccc(CC(=O)OC)c1C. The van der Waals surface area contributed by atoms with Gasteiger partial charge in [-0.3, -0.25) is 4.79 Å². The highest BCUT2D eigenvalue weighted by molar-refractivity contribution is 5.73. The standard InChI is InChI=1S/C15H20O3/c1-4-5-6-10-18-14-9-7-8-13(12(14)2)11-15(16)17-3/h5-9H,4,10-11H2,1-3H3/b6-5-. The number of carbonyl (C=O) groups excluding carboxylic acids is 1. The molecule has 0 saturated heterocycles. The quantitative estimate of drug-likeness (QED) is 0.573. The number of hydrogen-bond donors (Lipinski definition) is 0. The molecule has 0 aliphatic carbocycles. The second-order valence-corrected chi connectivity index (χ2v) is 3.98. The van der Waals surface area contributed by atoms with Crippen LogP contribution in [0, 0.1) is 6.92 Å². The van der Waals surface area contributed by atoms with Crippen molar-refractivity contribution < 1.29 is 14.3 Å². The molecule has 1 rings (SSSR count). The Morgan fingerprint density at radius 3 is 2.78 bits per heavy atom. The smallest absolute Gasteiger partial charge is 0.309 e. The van der Waals surface area contributed by atoms with E-state index in [-0.39, 0.29) is 12.4 Å². The average molecular weight is 248 g/mol. The van der Waals surface area contributed by atoms with Gasteiger partial charge in [-0.2, -0.15) is 0 Å². The van der Waals surface area contributed by atoms with Crippen LogP contribution in [-0.2, 0) is 16.0 Å². The first-order valence-corrected chi connectivity index (χ1v) is 6.12. The summed E-state index contributed by atoms with van der Waals surface area (Å²) in [6.07, 6.45) is 5.34. The number of hydrogen-bond acceptors (Lipinski definition) is 3. The van der Waals surface area contributed by atoms with Crippen molar-refractivity contribution in [2.45, 2.75) is 26.7 Å². The van der Waals surface area contributed by atoms with Crippen molar-refractivity contribution in [3.63, 3.8) is 0 Å². The van der Waals surface area contributed by atoms with Gasteiger partial charge in [-0.25, -0.2) is 0 Å². The number of benzene rings is 1. The van der Waals surface area contributed by atoms with Gasteiger partial charge in [-0.1, -0.05) is 31.2 Å². The van der Waals surface area contributed by atoms with Gasteiger partial charge < -0.3 is 9.47 Å². The normalized spacial score (nSPS) is 10.6. The van der Waals surface area contributed by atoms with E-state index in [0.29, 0.717) is 6.61 Å². The maximum Gasteiger partial charge on any atom is 0.309 e. The van der Waals surface area contributed by atoms with Gasteiger partial charge >= 0.3 is 5.97 Å². The van der Waals surface area contributed by atoms with Crippen LogP contribution >= 0.6 is 0 Å². The molecule has 0 aromatic heterocycles. The van der Waals surface area contributed by atoms with Crippen molar-refractivity contribution in [2.75, 3.05) is 13.7 Å². The molecular formula is C15H20O3. The monoisotopic (exact) mass is 248 g/mol. The summed E-state index contributed by atoms with van der Waals surface area (Å²) in [5.41, 5.74) is 1.94. The Kier molecular flexibility index (Phi) is 5.98. The lowest BCUT2D eigenvalue weighted by atomic mass is 10.1. The number of methoxy groups -OCH3 is 1. The molecule has 1 aromatic carbocycles. The minimum Gasteiger partial charge on any atom is -0.489 e. The van der Waals surface area contributed by atoms with Crippen molar-refractivity contribution in [3.8, 4) is 5.75 Å². The summed E-state index contributed by atoms with van der Waals surface area (Å²) >= 11 is 0. The summed E-state index contributed by atoms with van der Waals surface area (Å²) in [6, 6.07) is 5.72. The van der Waals surface area contributed by atoms with Gasteiger partial charge in [0.2, 0.25) is 0 Å². The van der Waals surface area contributed by atoms with Crippen LogP contribution in [0.1, 0.15) is 24.5 Å². The second-order valence-electron chi connectivity index (χ2n) is 3.98. The summed E-state index contributed by atoms with van der Waals surface area (Å²) in [6.45, 7) is 4.59. The lowest BCUT2D eigenvalue weighted by molar-refractivity contribution is -0.139. The van der Waals surface area contributed by atoms with E-state index in [1.54, 1.807) is 0 Å². The fourth-order valence-corrected chi connectivity index (χ4v) is 1.61. The molecule has 0 spiro atoms. The second kappa shape index (κ2) is 7.54. The summed E-state index contributed by atoms with van der Waals surface area (Å²) in [7, 11) is 1.40. The van der Waals surface area contributed by atoms with Gasteiger partial charge in [0.15, 0.2) is 0 Å². The van der Waals surface area contributed by atoms with Gasteiger partial charge in [0.25, 0.3) is 0 Å². The van der Waals surface area contributed by atoms with Crippen LogP contribution < -0.4 is 4.74 Å². The maximum absolute atomic E-state index is 11.3. The first kappa shape index (κ1) is 14.3. The number of ether oxygens (including phenoxy) is 2. The van der Waals surface area contributed by atoms with E-state index in [1.807, 2.05) is 31.2 Å². The van der Waals surface area contributed by atoms with Crippen LogP contribution in [0.5, 0.6) is 5.75 Å². The summed E-state index contributed by atoms with van der Waals surface area (Å²) in [4.78, 5) is 11.3. The molecule has 0 N–H and O–H groups in total. The molecule has 0 amide bonds. The minimum absolute atomic E-state index is 0.235. The molecule has 0 heterocycles. The first-order chi connectivity index (χ1) is 8.69. The van der Waals surface area contributed by atoms with Crippen molar-refractivity contribution in [1.82, 2.24) is 0 Å². The largest absolute Gasteiger partial charge is 0.489 e. The Morgan fingerprint density at radius 2 is 2.11 bits per heavy atom. The molecule has 3 nitrogen and oxygen atoms in total. The fraction of sp³-hybridized carbons (Fsp3) is 0.400. The highest BCUT2D eigenvalue weighted by Crippen LogP contribution is 2.22. The molecule has 18 heavy (non-hydrogen) atoms. The lowest BCUT2D eigenvalue weighted by Crippen LogP contribution is -2.06. The Morgan fingerprint density at radius 1 is 1.33 bits per heavy atom. The van der Waals surface area contributed by atoms with E-state index in [4.69, 9.17) is 4.74 Å². The molecule has 0 radical (unpaired) electrons. The van der Waals surface area contributed by atoms with Crippen LogP contribution in [0.15, 0.2) is 30.4 Å². The average Bonchev–Trinajstić information content (AvgIpc) is 2.38. The van der Waals surface area contributed by atoms with Crippen molar-refractivity contribution in [1.29, 1.82) is 0 Å². The number of rotatable bonds is 6. The Hall–Kier alpha value is -1.77. The van der Waals surface area contributed by atoms with Gasteiger partial charge in [-0.05, 0) is 30.5 Å². The van der Waals surface area contributed by atoms with Gasteiger partial charge in [-0.15, -0.1) is 0 Å². The molecule has 0 fully saturated rings. The highest BCUT2D eigenvalue weighted by atomic mass is 16.5. The summed E-state index contributed by atoms with van der Waals surface area (Å²) < 4.78 is 10.3. The molecule has 0 atom stereocenters. The zero-order valence-corrected chi connectivity index (χ0v) is 11.2.